The molecular formula is C16H17Br2N3OS. The van der Waals surface area contributed by atoms with Crippen molar-refractivity contribution in [2.45, 2.75) is 19.4 Å². The van der Waals surface area contributed by atoms with Gasteiger partial charge in [-0.05, 0) is 81.4 Å². The highest BCUT2D eigenvalue weighted by atomic mass is 79.9. The molecule has 1 N–H and O–H groups in total. The van der Waals surface area contributed by atoms with Gasteiger partial charge in [0.15, 0.2) is 0 Å². The molecule has 0 unspecified atom stereocenters. The Balaban J connectivity index is 1.49. The van der Waals surface area contributed by atoms with Gasteiger partial charge in [0.2, 0.25) is 5.91 Å². The molecule has 2 aromatic rings. The number of hydrogen-bond acceptors (Lipinski definition) is 4. The van der Waals surface area contributed by atoms with Crippen LogP contribution in [0.5, 0.6) is 0 Å². The molecule has 0 aliphatic carbocycles. The monoisotopic (exact) mass is 457 g/mol. The molecule has 3 rings (SSSR count). The van der Waals surface area contributed by atoms with Crippen LogP contribution in [-0.2, 0) is 11.3 Å². The first-order valence-electron chi connectivity index (χ1n) is 7.48. The predicted molar refractivity (Wildman–Crippen MR) is 101 cm³/mol. The molecule has 3 heterocycles. The molecule has 0 aromatic carbocycles. The standard InChI is InChI=1S/C16H17Br2N3OS/c17-12-1-2-15(19-9-12)20-16(22)11-3-6-21(7-4-11)10-14-13(18)5-8-23-14/h1-2,5,8-9,11H,3-4,6-7,10H2,(H,19,20,22). The van der Waals surface area contributed by atoms with Crippen LogP contribution in [0.2, 0.25) is 0 Å². The van der Waals surface area contributed by atoms with Crippen molar-refractivity contribution in [2.75, 3.05) is 18.4 Å². The molecule has 1 amide bonds. The number of thiophene rings is 1. The fourth-order valence-electron chi connectivity index (χ4n) is 2.67. The summed E-state index contributed by atoms with van der Waals surface area (Å²) in [6.45, 7) is 2.87. The summed E-state index contributed by atoms with van der Waals surface area (Å²) in [4.78, 5) is 20.3. The summed E-state index contributed by atoms with van der Waals surface area (Å²) in [5.41, 5.74) is 0. The molecular weight excluding hydrogens is 442 g/mol. The number of aromatic nitrogens is 1. The second kappa shape index (κ2) is 7.88. The van der Waals surface area contributed by atoms with Gasteiger partial charge in [-0.25, -0.2) is 4.98 Å². The average Bonchev–Trinajstić information content (AvgIpc) is 2.95. The highest BCUT2D eigenvalue weighted by molar-refractivity contribution is 9.10. The van der Waals surface area contributed by atoms with Crippen molar-refractivity contribution >= 4 is 54.9 Å². The number of rotatable bonds is 4. The van der Waals surface area contributed by atoms with Crippen molar-refractivity contribution in [2.24, 2.45) is 5.92 Å². The van der Waals surface area contributed by atoms with Crippen LogP contribution in [-0.4, -0.2) is 28.9 Å². The zero-order valence-electron chi connectivity index (χ0n) is 12.5. The Morgan fingerprint density at radius 2 is 2.09 bits per heavy atom. The van der Waals surface area contributed by atoms with Crippen LogP contribution in [0.3, 0.4) is 0 Å². The van der Waals surface area contributed by atoms with E-state index in [9.17, 15) is 4.79 Å². The molecule has 2 aromatic heterocycles. The molecule has 4 nitrogen and oxygen atoms in total. The van der Waals surface area contributed by atoms with E-state index in [2.05, 4.69) is 58.5 Å². The van der Waals surface area contributed by atoms with Crippen LogP contribution in [0.15, 0.2) is 38.7 Å². The van der Waals surface area contributed by atoms with Gasteiger partial charge in [-0.15, -0.1) is 11.3 Å². The van der Waals surface area contributed by atoms with E-state index >= 15 is 0 Å². The number of halogens is 2. The highest BCUT2D eigenvalue weighted by Crippen LogP contribution is 2.27. The molecule has 122 valence electrons. The Morgan fingerprint density at radius 1 is 1.30 bits per heavy atom. The van der Waals surface area contributed by atoms with E-state index in [1.807, 2.05) is 12.1 Å². The highest BCUT2D eigenvalue weighted by Gasteiger charge is 2.25. The van der Waals surface area contributed by atoms with Gasteiger partial charge in [-0.3, -0.25) is 9.69 Å². The maximum absolute atomic E-state index is 12.3. The third kappa shape index (κ3) is 4.62. The number of carbonyl (C=O) groups is 1. The Kier molecular flexibility index (Phi) is 5.85. The number of nitrogens with one attached hydrogen (secondary N) is 1. The number of hydrogen-bond donors (Lipinski definition) is 1. The van der Waals surface area contributed by atoms with E-state index in [0.717, 1.165) is 36.9 Å². The predicted octanol–water partition coefficient (Wildman–Crippen LogP) is 4.52. The molecule has 1 saturated heterocycles. The first kappa shape index (κ1) is 17.1. The smallest absolute Gasteiger partial charge is 0.228 e. The van der Waals surface area contributed by atoms with E-state index in [-0.39, 0.29) is 11.8 Å². The lowest BCUT2D eigenvalue weighted by Crippen LogP contribution is -2.37. The number of pyridine rings is 1. The largest absolute Gasteiger partial charge is 0.310 e. The molecule has 23 heavy (non-hydrogen) atoms. The van der Waals surface area contributed by atoms with Gasteiger partial charge in [0, 0.05) is 32.5 Å². The first-order chi connectivity index (χ1) is 11.1. The van der Waals surface area contributed by atoms with Gasteiger partial charge in [-0.2, -0.15) is 0 Å². The molecule has 1 fully saturated rings. The van der Waals surface area contributed by atoms with E-state index in [4.69, 9.17) is 0 Å². The zero-order chi connectivity index (χ0) is 16.2. The molecule has 0 bridgehead atoms. The molecule has 0 saturated carbocycles. The van der Waals surface area contributed by atoms with Crippen LogP contribution in [0.1, 0.15) is 17.7 Å². The second-order valence-corrected chi connectivity index (χ2v) is 8.36. The molecule has 1 aliphatic rings. The molecule has 0 radical (unpaired) electrons. The van der Waals surface area contributed by atoms with Crippen molar-refractivity contribution in [1.29, 1.82) is 0 Å². The number of anilines is 1. The number of likely N-dealkylation sites (tertiary alicyclic amines) is 1. The Bertz CT molecular complexity index is 666. The maximum atomic E-state index is 12.3. The second-order valence-electron chi connectivity index (χ2n) is 5.59. The normalized spacial score (nSPS) is 16.4. The van der Waals surface area contributed by atoms with E-state index < -0.39 is 0 Å². The molecule has 1 aliphatic heterocycles. The van der Waals surface area contributed by atoms with Crippen LogP contribution in [0, 0.1) is 5.92 Å². The average molecular weight is 459 g/mol. The lowest BCUT2D eigenvalue weighted by atomic mass is 9.96. The third-order valence-electron chi connectivity index (χ3n) is 4.00. The van der Waals surface area contributed by atoms with Gasteiger partial charge in [0.05, 0.1) is 0 Å². The topological polar surface area (TPSA) is 45.2 Å². The van der Waals surface area contributed by atoms with Crippen molar-refractivity contribution in [3.8, 4) is 0 Å². The van der Waals surface area contributed by atoms with Gasteiger partial charge in [-0.1, -0.05) is 0 Å². The number of amides is 1. The lowest BCUT2D eigenvalue weighted by Gasteiger charge is -2.30. The van der Waals surface area contributed by atoms with E-state index in [1.54, 1.807) is 17.5 Å². The van der Waals surface area contributed by atoms with Gasteiger partial charge >= 0.3 is 0 Å². The van der Waals surface area contributed by atoms with Crippen LogP contribution in [0.25, 0.3) is 0 Å². The SMILES string of the molecule is O=C(Nc1ccc(Br)cn1)C1CCN(Cc2sccc2Br)CC1. The van der Waals surface area contributed by atoms with Gasteiger partial charge in [0.25, 0.3) is 0 Å². The molecule has 0 spiro atoms. The maximum Gasteiger partial charge on any atom is 0.228 e. The summed E-state index contributed by atoms with van der Waals surface area (Å²) >= 11 is 8.69. The molecule has 0 atom stereocenters. The third-order valence-corrected chi connectivity index (χ3v) is 6.38. The summed E-state index contributed by atoms with van der Waals surface area (Å²) < 4.78 is 2.09. The summed E-state index contributed by atoms with van der Waals surface area (Å²) in [5, 5.41) is 5.02. The summed E-state index contributed by atoms with van der Waals surface area (Å²) in [7, 11) is 0. The van der Waals surface area contributed by atoms with E-state index in [1.165, 1.54) is 9.35 Å². The summed E-state index contributed by atoms with van der Waals surface area (Å²) in [6.07, 6.45) is 3.48. The van der Waals surface area contributed by atoms with Crippen molar-refractivity contribution in [3.05, 3.63) is 43.6 Å². The van der Waals surface area contributed by atoms with Crippen LogP contribution < -0.4 is 5.32 Å². The number of nitrogens with zero attached hydrogens (tertiary/aromatic N) is 2. The van der Waals surface area contributed by atoms with Crippen molar-refractivity contribution in [3.63, 3.8) is 0 Å². The fraction of sp³-hybridized carbons (Fsp3) is 0.375. The van der Waals surface area contributed by atoms with Crippen molar-refractivity contribution in [1.82, 2.24) is 9.88 Å². The van der Waals surface area contributed by atoms with Crippen LogP contribution >= 0.6 is 43.2 Å². The summed E-state index contributed by atoms with van der Waals surface area (Å²) in [5.74, 6) is 0.767. The fourth-order valence-corrected chi connectivity index (χ4v) is 4.43. The minimum atomic E-state index is 0.0727. The Labute approximate surface area is 156 Å². The number of carbonyl (C=O) groups excluding carboxylic acids is 1. The van der Waals surface area contributed by atoms with Crippen molar-refractivity contribution < 1.29 is 4.79 Å². The Morgan fingerprint density at radius 3 is 2.70 bits per heavy atom. The first-order valence-corrected chi connectivity index (χ1v) is 9.95. The zero-order valence-corrected chi connectivity index (χ0v) is 16.5. The van der Waals surface area contributed by atoms with E-state index in [0.29, 0.717) is 5.82 Å². The lowest BCUT2D eigenvalue weighted by molar-refractivity contribution is -0.121. The number of piperidine rings is 1. The van der Waals surface area contributed by atoms with Gasteiger partial charge < -0.3 is 5.32 Å². The minimum absolute atomic E-state index is 0.0727. The quantitative estimate of drug-likeness (QED) is 0.732. The van der Waals surface area contributed by atoms with Gasteiger partial charge in [0.1, 0.15) is 5.82 Å². The molecule has 7 heteroatoms. The Hall–Kier alpha value is -0.760. The minimum Gasteiger partial charge on any atom is -0.310 e. The summed E-state index contributed by atoms with van der Waals surface area (Å²) in [6, 6.07) is 5.78. The van der Waals surface area contributed by atoms with Crippen LogP contribution in [0.4, 0.5) is 5.82 Å².